The molecule has 0 atom stereocenters. The van der Waals surface area contributed by atoms with E-state index in [1.807, 2.05) is 24.4 Å². The number of pyridine rings is 1. The quantitative estimate of drug-likeness (QED) is 0.735. The van der Waals surface area contributed by atoms with Crippen LogP contribution in [0.5, 0.6) is 0 Å². The summed E-state index contributed by atoms with van der Waals surface area (Å²) in [5, 5.41) is 0. The van der Waals surface area contributed by atoms with Gasteiger partial charge in [-0.25, -0.2) is 9.97 Å². The zero-order chi connectivity index (χ0) is 17.2. The Labute approximate surface area is 147 Å². The first-order valence-electron chi connectivity index (χ1n) is 8.44. The van der Waals surface area contributed by atoms with Gasteiger partial charge in [0.05, 0.1) is 18.7 Å². The molecule has 3 aromatic rings. The van der Waals surface area contributed by atoms with Crippen LogP contribution in [0.1, 0.15) is 11.1 Å². The second-order valence-corrected chi connectivity index (χ2v) is 6.18. The molecule has 0 radical (unpaired) electrons. The van der Waals surface area contributed by atoms with Gasteiger partial charge >= 0.3 is 0 Å². The molecular formula is C20H20N4O. The standard InChI is InChI=1S/C20H20N4O/c1-3-15-12-17-18(21-13-15)20(24-7-9-25-10-8-24)23-19(22-17)16-6-4-5-14(2)11-16/h3-6,11-13H,1,7-10H2,2H3. The lowest BCUT2D eigenvalue weighted by Gasteiger charge is -2.28. The van der Waals surface area contributed by atoms with E-state index in [4.69, 9.17) is 14.7 Å². The minimum atomic E-state index is 0.704. The highest BCUT2D eigenvalue weighted by atomic mass is 16.5. The monoisotopic (exact) mass is 332 g/mol. The van der Waals surface area contributed by atoms with Gasteiger partial charge in [-0.2, -0.15) is 0 Å². The molecule has 0 bridgehead atoms. The van der Waals surface area contributed by atoms with Crippen molar-refractivity contribution in [1.29, 1.82) is 0 Å². The number of hydrogen-bond donors (Lipinski definition) is 0. The van der Waals surface area contributed by atoms with E-state index in [-0.39, 0.29) is 0 Å². The van der Waals surface area contributed by atoms with Gasteiger partial charge in [0, 0.05) is 24.8 Å². The Kier molecular flexibility index (Phi) is 4.15. The highest BCUT2D eigenvalue weighted by molar-refractivity contribution is 5.88. The molecule has 0 unspecified atom stereocenters. The number of benzene rings is 1. The number of aryl methyl sites for hydroxylation is 1. The zero-order valence-electron chi connectivity index (χ0n) is 14.3. The summed E-state index contributed by atoms with van der Waals surface area (Å²) in [5.74, 6) is 1.60. The molecule has 3 heterocycles. The maximum absolute atomic E-state index is 5.48. The van der Waals surface area contributed by atoms with Crippen molar-refractivity contribution in [3.63, 3.8) is 0 Å². The minimum absolute atomic E-state index is 0.704. The maximum atomic E-state index is 5.48. The van der Waals surface area contributed by atoms with Crippen LogP contribution in [0.2, 0.25) is 0 Å². The molecule has 2 aromatic heterocycles. The van der Waals surface area contributed by atoms with Crippen molar-refractivity contribution in [2.75, 3.05) is 31.2 Å². The van der Waals surface area contributed by atoms with Crippen molar-refractivity contribution in [2.45, 2.75) is 6.92 Å². The molecule has 0 N–H and O–H groups in total. The third-order valence-electron chi connectivity index (χ3n) is 4.36. The van der Waals surface area contributed by atoms with Crippen molar-refractivity contribution in [3.8, 4) is 11.4 Å². The van der Waals surface area contributed by atoms with Crippen molar-refractivity contribution >= 4 is 22.9 Å². The number of hydrogen-bond acceptors (Lipinski definition) is 5. The first kappa shape index (κ1) is 15.7. The Balaban J connectivity index is 1.92. The lowest BCUT2D eigenvalue weighted by Crippen LogP contribution is -2.37. The molecule has 1 aliphatic heterocycles. The van der Waals surface area contributed by atoms with Crippen LogP contribution in [0.3, 0.4) is 0 Å². The smallest absolute Gasteiger partial charge is 0.162 e. The van der Waals surface area contributed by atoms with Gasteiger partial charge in [0.2, 0.25) is 0 Å². The van der Waals surface area contributed by atoms with Crippen LogP contribution in [0.4, 0.5) is 5.82 Å². The predicted molar refractivity (Wildman–Crippen MR) is 101 cm³/mol. The van der Waals surface area contributed by atoms with Crippen molar-refractivity contribution in [3.05, 3.63) is 54.2 Å². The Morgan fingerprint density at radius 3 is 2.76 bits per heavy atom. The first-order valence-corrected chi connectivity index (χ1v) is 8.44. The van der Waals surface area contributed by atoms with Gasteiger partial charge < -0.3 is 9.64 Å². The van der Waals surface area contributed by atoms with Gasteiger partial charge in [0.25, 0.3) is 0 Å². The molecule has 0 spiro atoms. The summed E-state index contributed by atoms with van der Waals surface area (Å²) in [6.07, 6.45) is 3.60. The molecule has 1 saturated heterocycles. The van der Waals surface area contributed by atoms with E-state index < -0.39 is 0 Å². The predicted octanol–water partition coefficient (Wildman–Crippen LogP) is 3.48. The summed E-state index contributed by atoms with van der Waals surface area (Å²) >= 11 is 0. The molecule has 4 rings (SSSR count). The van der Waals surface area contributed by atoms with Crippen LogP contribution < -0.4 is 4.90 Å². The molecule has 5 nitrogen and oxygen atoms in total. The fourth-order valence-electron chi connectivity index (χ4n) is 3.04. The molecule has 1 fully saturated rings. The summed E-state index contributed by atoms with van der Waals surface area (Å²) in [7, 11) is 0. The molecule has 5 heteroatoms. The maximum Gasteiger partial charge on any atom is 0.162 e. The van der Waals surface area contributed by atoms with Crippen LogP contribution in [0.25, 0.3) is 28.5 Å². The van der Waals surface area contributed by atoms with Crippen LogP contribution in [0.15, 0.2) is 43.1 Å². The Morgan fingerprint density at radius 1 is 1.16 bits per heavy atom. The number of nitrogens with zero attached hydrogens (tertiary/aromatic N) is 4. The van der Waals surface area contributed by atoms with Crippen molar-refractivity contribution < 1.29 is 4.74 Å². The lowest BCUT2D eigenvalue weighted by atomic mass is 10.1. The molecule has 0 saturated carbocycles. The van der Waals surface area contributed by atoms with Gasteiger partial charge in [-0.05, 0) is 24.6 Å². The second kappa shape index (κ2) is 6.61. The zero-order valence-corrected chi connectivity index (χ0v) is 14.3. The summed E-state index contributed by atoms with van der Waals surface area (Å²) in [4.78, 5) is 16.5. The topological polar surface area (TPSA) is 51.1 Å². The van der Waals surface area contributed by atoms with Gasteiger partial charge in [-0.15, -0.1) is 0 Å². The molecule has 1 aliphatic rings. The fourth-order valence-corrected chi connectivity index (χ4v) is 3.04. The Bertz CT molecular complexity index is 932. The summed E-state index contributed by atoms with van der Waals surface area (Å²) in [6, 6.07) is 10.3. The third-order valence-corrected chi connectivity index (χ3v) is 4.36. The van der Waals surface area contributed by atoms with Gasteiger partial charge in [0.1, 0.15) is 5.52 Å². The third kappa shape index (κ3) is 3.10. The normalized spacial score (nSPS) is 14.7. The van der Waals surface area contributed by atoms with E-state index in [1.54, 1.807) is 6.08 Å². The highest BCUT2D eigenvalue weighted by Gasteiger charge is 2.19. The minimum Gasteiger partial charge on any atom is -0.378 e. The van der Waals surface area contributed by atoms with E-state index in [0.717, 1.165) is 46.9 Å². The lowest BCUT2D eigenvalue weighted by molar-refractivity contribution is 0.122. The van der Waals surface area contributed by atoms with Gasteiger partial charge in [-0.1, -0.05) is 36.4 Å². The molecule has 0 amide bonds. The number of rotatable bonds is 3. The van der Waals surface area contributed by atoms with Gasteiger partial charge in [-0.3, -0.25) is 4.98 Å². The molecular weight excluding hydrogens is 312 g/mol. The van der Waals surface area contributed by atoms with Crippen molar-refractivity contribution in [2.24, 2.45) is 0 Å². The van der Waals surface area contributed by atoms with E-state index >= 15 is 0 Å². The fraction of sp³-hybridized carbons (Fsp3) is 0.250. The number of anilines is 1. The number of ether oxygens (including phenoxy) is 1. The highest BCUT2D eigenvalue weighted by Crippen LogP contribution is 2.27. The average molecular weight is 332 g/mol. The van der Waals surface area contributed by atoms with Crippen LogP contribution in [-0.4, -0.2) is 41.3 Å². The largest absolute Gasteiger partial charge is 0.378 e. The summed E-state index contributed by atoms with van der Waals surface area (Å²) in [6.45, 7) is 8.93. The van der Waals surface area contributed by atoms with Crippen molar-refractivity contribution in [1.82, 2.24) is 15.0 Å². The summed E-state index contributed by atoms with van der Waals surface area (Å²) in [5.41, 5.74) is 4.82. The molecule has 25 heavy (non-hydrogen) atoms. The molecule has 0 aliphatic carbocycles. The van der Waals surface area contributed by atoms with Crippen LogP contribution in [-0.2, 0) is 4.74 Å². The SMILES string of the molecule is C=Cc1cnc2c(N3CCOCC3)nc(-c3cccc(C)c3)nc2c1. The first-order chi connectivity index (χ1) is 12.2. The number of morpholine rings is 1. The Morgan fingerprint density at radius 2 is 2.00 bits per heavy atom. The molecule has 126 valence electrons. The number of aromatic nitrogens is 3. The second-order valence-electron chi connectivity index (χ2n) is 6.18. The molecule has 1 aromatic carbocycles. The van der Waals surface area contributed by atoms with E-state index in [1.165, 1.54) is 5.56 Å². The number of fused-ring (bicyclic) bond motifs is 1. The average Bonchev–Trinajstić information content (AvgIpc) is 2.67. The van der Waals surface area contributed by atoms with E-state index in [9.17, 15) is 0 Å². The summed E-state index contributed by atoms with van der Waals surface area (Å²) < 4.78 is 5.48. The Hall–Kier alpha value is -2.79. The van der Waals surface area contributed by atoms with E-state index in [0.29, 0.717) is 13.2 Å². The van der Waals surface area contributed by atoms with Gasteiger partial charge in [0.15, 0.2) is 11.6 Å². The van der Waals surface area contributed by atoms with Crippen LogP contribution >= 0.6 is 0 Å². The van der Waals surface area contributed by atoms with Crippen LogP contribution in [0, 0.1) is 6.92 Å². The van der Waals surface area contributed by atoms with E-state index in [2.05, 4.69) is 35.5 Å².